The summed E-state index contributed by atoms with van der Waals surface area (Å²) in [6, 6.07) is 20.7. The number of hydrogen-bond donors (Lipinski definition) is 1. The van der Waals surface area contributed by atoms with Crippen molar-refractivity contribution < 1.29 is 14.7 Å². The molecule has 0 radical (unpaired) electrons. The minimum atomic E-state index is -1.11. The number of piperidine rings is 1. The Labute approximate surface area is 199 Å². The summed E-state index contributed by atoms with van der Waals surface area (Å²) < 4.78 is 1.41. The zero-order valence-electron chi connectivity index (χ0n) is 19.4. The lowest BCUT2D eigenvalue weighted by molar-refractivity contribution is -0.136. The third kappa shape index (κ3) is 5.34. The van der Waals surface area contributed by atoms with Gasteiger partial charge in [-0.3, -0.25) is 14.4 Å². The Hall–Kier alpha value is -3.51. The van der Waals surface area contributed by atoms with E-state index in [0.29, 0.717) is 43.5 Å². The average molecular weight is 459 g/mol. The molecule has 0 spiro atoms. The molecule has 4 rings (SSSR count). The number of rotatable bonds is 7. The molecule has 1 unspecified atom stereocenters. The van der Waals surface area contributed by atoms with E-state index in [0.717, 1.165) is 17.4 Å². The first kappa shape index (κ1) is 23.6. The van der Waals surface area contributed by atoms with Crippen molar-refractivity contribution in [3.05, 3.63) is 94.4 Å². The Kier molecular flexibility index (Phi) is 7.08. The fourth-order valence-corrected chi connectivity index (χ4v) is 4.61. The van der Waals surface area contributed by atoms with Crippen molar-refractivity contribution in [2.75, 3.05) is 13.1 Å². The maximum absolute atomic E-state index is 12.8. The summed E-state index contributed by atoms with van der Waals surface area (Å²) in [6.45, 7) is 3.01. The normalized spacial score (nSPS) is 16.1. The molecule has 2 aromatic carbocycles. The lowest BCUT2D eigenvalue weighted by Gasteiger charge is -2.39. The third-order valence-corrected chi connectivity index (χ3v) is 6.73. The Morgan fingerprint density at radius 1 is 1.06 bits per heavy atom. The summed E-state index contributed by atoms with van der Waals surface area (Å²) in [7, 11) is 0. The van der Waals surface area contributed by atoms with Crippen LogP contribution in [0.5, 0.6) is 0 Å². The number of amides is 1. The zero-order valence-corrected chi connectivity index (χ0v) is 19.4. The monoisotopic (exact) mass is 458 g/mol. The van der Waals surface area contributed by atoms with E-state index in [4.69, 9.17) is 0 Å². The van der Waals surface area contributed by atoms with Crippen LogP contribution >= 0.6 is 0 Å². The maximum atomic E-state index is 12.8. The summed E-state index contributed by atoms with van der Waals surface area (Å²) in [4.78, 5) is 39.1. The number of pyridine rings is 1. The molecular weight excluding hydrogens is 428 g/mol. The number of aromatic nitrogens is 1. The molecule has 0 aliphatic carbocycles. The molecule has 1 atom stereocenters. The van der Waals surface area contributed by atoms with Crippen LogP contribution in [0.4, 0.5) is 0 Å². The summed E-state index contributed by atoms with van der Waals surface area (Å²) in [5.41, 5.74) is 1.53. The maximum Gasteiger partial charge on any atom is 0.251 e. The minimum Gasteiger partial charge on any atom is -0.388 e. The highest BCUT2D eigenvalue weighted by Crippen LogP contribution is 2.27. The quantitative estimate of drug-likeness (QED) is 0.545. The molecule has 0 bridgehead atoms. The molecule has 1 fully saturated rings. The van der Waals surface area contributed by atoms with Crippen LogP contribution < -0.4 is 5.56 Å². The third-order valence-electron chi connectivity index (χ3n) is 6.73. The highest BCUT2D eigenvalue weighted by atomic mass is 16.3. The van der Waals surface area contributed by atoms with Gasteiger partial charge in [-0.05, 0) is 35.4 Å². The Bertz CT molecular complexity index is 1200. The minimum absolute atomic E-state index is 0.0750. The van der Waals surface area contributed by atoms with Gasteiger partial charge in [0.15, 0.2) is 6.29 Å². The van der Waals surface area contributed by atoms with E-state index in [1.165, 1.54) is 16.8 Å². The van der Waals surface area contributed by atoms with Crippen molar-refractivity contribution in [2.45, 2.75) is 44.2 Å². The SMILES string of the molecule is CC(CC(=O)N1CCC(O)(Cn2cc(C=O)c(-c3ccccc3)cc2=O)CC1)c1ccccc1. The number of benzene rings is 2. The Balaban J connectivity index is 1.41. The second-order valence-electron chi connectivity index (χ2n) is 9.21. The van der Waals surface area contributed by atoms with Crippen molar-refractivity contribution in [3.63, 3.8) is 0 Å². The number of likely N-dealkylation sites (tertiary alicyclic amines) is 1. The average Bonchev–Trinajstić information content (AvgIpc) is 2.86. The zero-order chi connectivity index (χ0) is 24.1. The van der Waals surface area contributed by atoms with E-state index >= 15 is 0 Å². The summed E-state index contributed by atoms with van der Waals surface area (Å²) in [6.07, 6.45) is 3.43. The predicted molar refractivity (Wildman–Crippen MR) is 132 cm³/mol. The van der Waals surface area contributed by atoms with Crippen LogP contribution in [0.25, 0.3) is 11.1 Å². The first-order valence-electron chi connectivity index (χ1n) is 11.7. The molecule has 34 heavy (non-hydrogen) atoms. The van der Waals surface area contributed by atoms with Gasteiger partial charge in [0.1, 0.15) is 0 Å². The molecule has 0 saturated carbocycles. The molecule has 2 heterocycles. The number of aliphatic hydroxyl groups is 1. The molecule has 1 aliphatic heterocycles. The second-order valence-corrected chi connectivity index (χ2v) is 9.21. The van der Waals surface area contributed by atoms with E-state index in [9.17, 15) is 19.5 Å². The number of carbonyl (C=O) groups is 2. The number of carbonyl (C=O) groups excluding carboxylic acids is 2. The van der Waals surface area contributed by atoms with E-state index in [1.54, 1.807) is 4.90 Å². The fraction of sp³-hybridized carbons (Fsp3) is 0.321. The van der Waals surface area contributed by atoms with Gasteiger partial charge in [-0.15, -0.1) is 0 Å². The van der Waals surface area contributed by atoms with Gasteiger partial charge < -0.3 is 14.6 Å². The van der Waals surface area contributed by atoms with Crippen molar-refractivity contribution in [1.29, 1.82) is 0 Å². The summed E-state index contributed by atoms with van der Waals surface area (Å²) in [5, 5.41) is 11.2. The number of hydrogen-bond acceptors (Lipinski definition) is 4. The van der Waals surface area contributed by atoms with Crippen LogP contribution in [0.3, 0.4) is 0 Å². The molecular formula is C28H30N2O4. The van der Waals surface area contributed by atoms with E-state index in [-0.39, 0.29) is 23.9 Å². The van der Waals surface area contributed by atoms with Gasteiger partial charge >= 0.3 is 0 Å². The molecule has 1 amide bonds. The van der Waals surface area contributed by atoms with Crippen molar-refractivity contribution >= 4 is 12.2 Å². The molecule has 1 N–H and O–H groups in total. The second kappa shape index (κ2) is 10.2. The highest BCUT2D eigenvalue weighted by Gasteiger charge is 2.35. The summed E-state index contributed by atoms with van der Waals surface area (Å²) >= 11 is 0. The van der Waals surface area contributed by atoms with E-state index in [1.807, 2.05) is 67.6 Å². The van der Waals surface area contributed by atoms with Crippen molar-refractivity contribution in [2.24, 2.45) is 0 Å². The van der Waals surface area contributed by atoms with Crippen LogP contribution in [0.1, 0.15) is 48.0 Å². The van der Waals surface area contributed by atoms with Gasteiger partial charge in [-0.1, -0.05) is 67.6 Å². The largest absolute Gasteiger partial charge is 0.388 e. The number of aldehydes is 1. The molecule has 1 saturated heterocycles. The highest BCUT2D eigenvalue weighted by molar-refractivity contribution is 5.86. The van der Waals surface area contributed by atoms with Gasteiger partial charge in [0.2, 0.25) is 5.91 Å². The van der Waals surface area contributed by atoms with Crippen molar-refractivity contribution in [1.82, 2.24) is 9.47 Å². The molecule has 3 aromatic rings. The van der Waals surface area contributed by atoms with Crippen molar-refractivity contribution in [3.8, 4) is 11.1 Å². The molecule has 1 aromatic heterocycles. The lowest BCUT2D eigenvalue weighted by atomic mass is 9.90. The molecule has 6 nitrogen and oxygen atoms in total. The van der Waals surface area contributed by atoms with E-state index < -0.39 is 5.60 Å². The first-order valence-corrected chi connectivity index (χ1v) is 11.7. The smallest absolute Gasteiger partial charge is 0.251 e. The number of nitrogens with zero attached hydrogens (tertiary/aromatic N) is 2. The molecule has 176 valence electrons. The van der Waals surface area contributed by atoms with Crippen LogP contribution in [0.15, 0.2) is 77.7 Å². The van der Waals surface area contributed by atoms with Gasteiger partial charge in [0.25, 0.3) is 5.56 Å². The topological polar surface area (TPSA) is 79.6 Å². The molecule has 1 aliphatic rings. The Morgan fingerprint density at radius 3 is 2.29 bits per heavy atom. The van der Waals surface area contributed by atoms with Crippen LogP contribution in [0.2, 0.25) is 0 Å². The molecule has 6 heteroatoms. The predicted octanol–water partition coefficient (Wildman–Crippen LogP) is 3.88. The lowest BCUT2D eigenvalue weighted by Crippen LogP contribution is -2.49. The van der Waals surface area contributed by atoms with Gasteiger partial charge in [-0.25, -0.2) is 0 Å². The first-order chi connectivity index (χ1) is 16.4. The van der Waals surface area contributed by atoms with Gasteiger partial charge in [0, 0.05) is 37.3 Å². The van der Waals surface area contributed by atoms with E-state index in [2.05, 4.69) is 0 Å². The van der Waals surface area contributed by atoms with Crippen LogP contribution in [-0.4, -0.2) is 45.5 Å². The van der Waals surface area contributed by atoms with Gasteiger partial charge in [-0.2, -0.15) is 0 Å². The standard InChI is InChI=1S/C28H30N2O4/c1-21(22-8-4-2-5-9-22)16-26(32)29-14-12-28(34,13-15-29)20-30-18-24(19-31)25(17-27(30)33)23-10-6-3-7-11-23/h2-11,17-19,21,34H,12-16,20H2,1H3. The Morgan fingerprint density at radius 2 is 1.68 bits per heavy atom. The van der Waals surface area contributed by atoms with Gasteiger partial charge in [0.05, 0.1) is 12.1 Å². The van der Waals surface area contributed by atoms with Crippen LogP contribution in [0, 0.1) is 0 Å². The fourth-order valence-electron chi connectivity index (χ4n) is 4.61. The van der Waals surface area contributed by atoms with Crippen LogP contribution in [-0.2, 0) is 11.3 Å². The summed E-state index contributed by atoms with van der Waals surface area (Å²) in [5.74, 6) is 0.198.